The third kappa shape index (κ3) is 3.86. The topological polar surface area (TPSA) is 83.8 Å². The molecular formula is C17H21F3N4O3S. The predicted octanol–water partition coefficient (Wildman–Crippen LogP) is 2.46. The average Bonchev–Trinajstić information content (AvgIpc) is 3.01. The Morgan fingerprint density at radius 3 is 2.64 bits per heavy atom. The summed E-state index contributed by atoms with van der Waals surface area (Å²) < 4.78 is 62.0. The van der Waals surface area contributed by atoms with Crippen LogP contribution in [-0.4, -0.2) is 47.2 Å². The van der Waals surface area contributed by atoms with E-state index in [1.807, 2.05) is 29.5 Å². The zero-order valence-corrected chi connectivity index (χ0v) is 16.1. The first-order valence-electron chi connectivity index (χ1n) is 9.00. The lowest BCUT2D eigenvalue weighted by Crippen LogP contribution is -2.38. The molecule has 3 heterocycles. The van der Waals surface area contributed by atoms with Crippen molar-refractivity contribution < 1.29 is 26.4 Å². The number of carbonyl (C=O) groups is 1. The molecule has 1 aliphatic rings. The third-order valence-electron chi connectivity index (χ3n) is 4.68. The zero-order valence-electron chi connectivity index (χ0n) is 15.3. The van der Waals surface area contributed by atoms with E-state index in [4.69, 9.17) is 0 Å². The van der Waals surface area contributed by atoms with Crippen molar-refractivity contribution in [2.45, 2.75) is 44.7 Å². The molecule has 1 N–H and O–H groups in total. The Morgan fingerprint density at radius 2 is 1.96 bits per heavy atom. The summed E-state index contributed by atoms with van der Waals surface area (Å²) in [4.78, 5) is 19.1. The summed E-state index contributed by atoms with van der Waals surface area (Å²) in [7, 11) is -5.30. The summed E-state index contributed by atoms with van der Waals surface area (Å²) in [6.45, 7) is 2.52. The van der Waals surface area contributed by atoms with Gasteiger partial charge in [-0.05, 0) is 31.4 Å². The predicted molar refractivity (Wildman–Crippen MR) is 96.1 cm³/mol. The Morgan fingerprint density at radius 1 is 1.21 bits per heavy atom. The molecule has 0 fully saturated rings. The number of aryl methyl sites for hydroxylation is 1. The van der Waals surface area contributed by atoms with Gasteiger partial charge in [0.05, 0.1) is 12.2 Å². The van der Waals surface area contributed by atoms with Crippen molar-refractivity contribution in [3.8, 4) is 0 Å². The minimum absolute atomic E-state index is 0.110. The van der Waals surface area contributed by atoms with Crippen molar-refractivity contribution in [2.24, 2.45) is 0 Å². The lowest BCUT2D eigenvalue weighted by Gasteiger charge is -2.28. The molecule has 0 unspecified atom stereocenters. The molecule has 1 aliphatic heterocycles. The molecule has 11 heteroatoms. The fourth-order valence-corrected chi connectivity index (χ4v) is 3.86. The number of imidazole rings is 1. The van der Waals surface area contributed by atoms with Gasteiger partial charge in [0.15, 0.2) is 0 Å². The summed E-state index contributed by atoms with van der Waals surface area (Å²) in [5, 5.41) is 0. The molecule has 0 atom stereocenters. The summed E-state index contributed by atoms with van der Waals surface area (Å²) >= 11 is 0. The van der Waals surface area contributed by atoms with E-state index in [1.54, 1.807) is 4.90 Å². The molecule has 154 valence electrons. The highest BCUT2D eigenvalue weighted by atomic mass is 32.2. The maximum absolute atomic E-state index is 12.9. The highest BCUT2D eigenvalue weighted by Crippen LogP contribution is 2.25. The summed E-state index contributed by atoms with van der Waals surface area (Å²) in [6, 6.07) is 5.68. The van der Waals surface area contributed by atoms with Crippen molar-refractivity contribution in [1.29, 1.82) is 0 Å². The number of carbonyl (C=O) groups excluding carboxylic acids is 1. The minimum atomic E-state index is -5.30. The minimum Gasteiger partial charge on any atom is -0.331 e. The SMILES string of the molecule is CCc1nc2cccc3n2c1C(=O)N(CCCCCNS(=O)(=O)C(F)(F)F)C3. The summed E-state index contributed by atoms with van der Waals surface area (Å²) in [5.74, 6) is -0.110. The third-order valence-corrected chi connectivity index (χ3v) is 5.87. The van der Waals surface area contributed by atoms with Crippen molar-refractivity contribution in [3.63, 3.8) is 0 Å². The highest BCUT2D eigenvalue weighted by molar-refractivity contribution is 7.90. The second-order valence-electron chi connectivity index (χ2n) is 6.60. The van der Waals surface area contributed by atoms with Crippen molar-refractivity contribution >= 4 is 21.6 Å². The Labute approximate surface area is 160 Å². The van der Waals surface area contributed by atoms with Gasteiger partial charge in [0, 0.05) is 18.8 Å². The molecular weight excluding hydrogens is 397 g/mol. The number of alkyl halides is 3. The first-order chi connectivity index (χ1) is 13.2. The van der Waals surface area contributed by atoms with E-state index in [-0.39, 0.29) is 18.9 Å². The monoisotopic (exact) mass is 418 g/mol. The van der Waals surface area contributed by atoms with Crippen LogP contribution < -0.4 is 4.72 Å². The van der Waals surface area contributed by atoms with Gasteiger partial charge >= 0.3 is 15.5 Å². The van der Waals surface area contributed by atoms with Gasteiger partial charge in [-0.15, -0.1) is 0 Å². The quantitative estimate of drug-likeness (QED) is 0.668. The number of halogens is 3. The highest BCUT2D eigenvalue weighted by Gasteiger charge is 2.45. The maximum atomic E-state index is 12.9. The van der Waals surface area contributed by atoms with E-state index in [0.717, 1.165) is 17.0 Å². The molecule has 0 aromatic carbocycles. The largest absolute Gasteiger partial charge is 0.511 e. The van der Waals surface area contributed by atoms with Gasteiger partial charge in [-0.1, -0.05) is 19.4 Å². The Hall–Kier alpha value is -2.14. The molecule has 2 aromatic rings. The van der Waals surface area contributed by atoms with Crippen LogP contribution in [0, 0.1) is 0 Å². The van der Waals surface area contributed by atoms with Crippen molar-refractivity contribution in [2.75, 3.05) is 13.1 Å². The fraction of sp³-hybridized carbons (Fsp3) is 0.529. The van der Waals surface area contributed by atoms with E-state index in [9.17, 15) is 26.4 Å². The standard InChI is InChI=1S/C17H21F3N4O3S/c1-2-13-15-16(25)23(11-12-7-6-8-14(22-13)24(12)15)10-5-3-4-9-21-28(26,27)17(18,19)20/h6-8,21H,2-5,9-11H2,1H3. The van der Waals surface area contributed by atoms with Crippen LogP contribution >= 0.6 is 0 Å². The first-order valence-corrected chi connectivity index (χ1v) is 10.5. The van der Waals surface area contributed by atoms with Crippen molar-refractivity contribution in [1.82, 2.24) is 19.0 Å². The van der Waals surface area contributed by atoms with E-state index in [2.05, 4.69) is 4.98 Å². The number of hydrogen-bond acceptors (Lipinski definition) is 4. The van der Waals surface area contributed by atoms with Crippen LogP contribution in [0.2, 0.25) is 0 Å². The van der Waals surface area contributed by atoms with Crippen LogP contribution in [0.4, 0.5) is 13.2 Å². The molecule has 0 spiro atoms. The molecule has 1 amide bonds. The van der Waals surface area contributed by atoms with Gasteiger partial charge in [0.2, 0.25) is 0 Å². The Balaban J connectivity index is 1.55. The fourth-order valence-electron chi connectivity index (χ4n) is 3.29. The zero-order chi connectivity index (χ0) is 20.5. The molecule has 3 rings (SSSR count). The normalized spacial score (nSPS) is 14.9. The molecule has 0 radical (unpaired) electrons. The van der Waals surface area contributed by atoms with Gasteiger partial charge < -0.3 is 4.90 Å². The Kier molecular flexibility index (Phi) is 5.67. The van der Waals surface area contributed by atoms with E-state index >= 15 is 0 Å². The lowest BCUT2D eigenvalue weighted by atomic mass is 10.1. The van der Waals surface area contributed by atoms with Gasteiger partial charge in [0.25, 0.3) is 5.91 Å². The number of hydrogen-bond donors (Lipinski definition) is 1. The molecule has 0 saturated heterocycles. The summed E-state index contributed by atoms with van der Waals surface area (Å²) in [5.41, 5.74) is -2.29. The smallest absolute Gasteiger partial charge is 0.331 e. The van der Waals surface area contributed by atoms with Crippen LogP contribution in [0.3, 0.4) is 0 Å². The number of amides is 1. The molecule has 7 nitrogen and oxygen atoms in total. The van der Waals surface area contributed by atoms with Crippen LogP contribution in [0.5, 0.6) is 0 Å². The van der Waals surface area contributed by atoms with Gasteiger partial charge in [-0.2, -0.15) is 13.2 Å². The summed E-state index contributed by atoms with van der Waals surface area (Å²) in [6.07, 6.45) is 1.94. The van der Waals surface area contributed by atoms with E-state index in [1.165, 1.54) is 4.72 Å². The second-order valence-corrected chi connectivity index (χ2v) is 8.36. The Bertz CT molecular complexity index is 985. The molecule has 0 bridgehead atoms. The number of pyridine rings is 1. The van der Waals surface area contributed by atoms with E-state index < -0.39 is 15.5 Å². The van der Waals surface area contributed by atoms with Gasteiger partial charge in [0.1, 0.15) is 11.3 Å². The molecule has 0 aliphatic carbocycles. The first kappa shape index (κ1) is 20.6. The van der Waals surface area contributed by atoms with Crippen molar-refractivity contribution in [3.05, 3.63) is 35.3 Å². The number of unbranched alkanes of at least 4 members (excludes halogenated alkanes) is 2. The van der Waals surface area contributed by atoms with Crippen LogP contribution in [0.1, 0.15) is 48.1 Å². The van der Waals surface area contributed by atoms with Crippen LogP contribution in [0.15, 0.2) is 18.2 Å². The number of rotatable bonds is 8. The van der Waals surface area contributed by atoms with Gasteiger partial charge in [-0.25, -0.2) is 18.1 Å². The number of nitrogens with zero attached hydrogens (tertiary/aromatic N) is 3. The average molecular weight is 418 g/mol. The molecule has 2 aromatic heterocycles. The van der Waals surface area contributed by atoms with Crippen LogP contribution in [-0.2, 0) is 23.0 Å². The van der Waals surface area contributed by atoms with E-state index in [0.29, 0.717) is 38.0 Å². The molecule has 28 heavy (non-hydrogen) atoms. The number of sulfonamides is 1. The van der Waals surface area contributed by atoms with Crippen LogP contribution in [0.25, 0.3) is 5.65 Å². The second kappa shape index (κ2) is 7.70. The maximum Gasteiger partial charge on any atom is 0.511 e. The number of aromatic nitrogens is 2. The van der Waals surface area contributed by atoms with Gasteiger partial charge in [-0.3, -0.25) is 9.20 Å². The lowest BCUT2D eigenvalue weighted by molar-refractivity contribution is -0.0447. The number of nitrogens with one attached hydrogen (secondary N) is 1. The molecule has 0 saturated carbocycles.